The van der Waals surface area contributed by atoms with Crippen LogP contribution in [0.25, 0.3) is 21.5 Å². The van der Waals surface area contributed by atoms with Gasteiger partial charge in [-0.25, -0.2) is 0 Å². The molecule has 4 heteroatoms. The summed E-state index contributed by atoms with van der Waals surface area (Å²) in [5.41, 5.74) is 9.06. The van der Waals surface area contributed by atoms with Crippen LogP contribution < -0.4 is 4.74 Å². The molecule has 55 heavy (non-hydrogen) atoms. The van der Waals surface area contributed by atoms with Gasteiger partial charge >= 0.3 is 0 Å². The Labute approximate surface area is 336 Å². The van der Waals surface area contributed by atoms with Crippen LogP contribution in [0.2, 0.25) is 0 Å². The molecule has 1 heterocycles. The maximum Gasteiger partial charge on any atom is 0.132 e. The van der Waals surface area contributed by atoms with Gasteiger partial charge in [0.1, 0.15) is 23.0 Å². The number of fused-ring (bicyclic) bond motifs is 12. The van der Waals surface area contributed by atoms with E-state index in [1.807, 2.05) is 18.2 Å². The number of ether oxygens (including phenoxy) is 1. The lowest BCUT2D eigenvalue weighted by atomic mass is 9.56. The molecule has 0 bridgehead atoms. The van der Waals surface area contributed by atoms with Gasteiger partial charge in [-0.2, -0.15) is 0 Å². The lowest BCUT2D eigenvalue weighted by Crippen LogP contribution is -2.39. The molecular formula is C51H43IO3. The van der Waals surface area contributed by atoms with Crippen LogP contribution in [0.4, 0.5) is 0 Å². The topological polar surface area (TPSA) is 49.7 Å². The number of hydrogen-bond acceptors (Lipinski definition) is 3. The number of benzene rings is 5. The first kappa shape index (κ1) is 33.5. The summed E-state index contributed by atoms with van der Waals surface area (Å²) in [7, 11) is 0. The van der Waals surface area contributed by atoms with Crippen molar-refractivity contribution in [1.29, 1.82) is 0 Å². The SMILES string of the molecule is Cc1ccc2c3c(ccc2c1)Oc1ccc2cc(O)ccc2c1C3c1ccc(C2[C@H]3C4C=CC(O)=CC4=CC[C@H]3CC[C@H]3CC=C4C=C(I)C=CC4[C@@H]23)cc1. The monoisotopic (exact) mass is 830 g/mol. The zero-order valence-corrected chi connectivity index (χ0v) is 33.0. The molecule has 5 aliphatic carbocycles. The van der Waals surface area contributed by atoms with E-state index >= 15 is 0 Å². The van der Waals surface area contributed by atoms with Crippen molar-refractivity contribution < 1.29 is 14.9 Å². The van der Waals surface area contributed by atoms with E-state index in [1.54, 1.807) is 6.07 Å². The number of aliphatic hydroxyl groups is 1. The molecule has 11 rings (SSSR count). The maximum atomic E-state index is 10.6. The van der Waals surface area contributed by atoms with E-state index in [0.29, 0.717) is 47.2 Å². The van der Waals surface area contributed by atoms with Gasteiger partial charge in [-0.15, -0.1) is 0 Å². The molecule has 4 unspecified atom stereocenters. The molecule has 5 aromatic rings. The zero-order chi connectivity index (χ0) is 36.9. The fraction of sp³-hybridized carbons (Fsp3) is 0.255. The zero-order valence-electron chi connectivity index (χ0n) is 30.8. The molecule has 0 amide bonds. The number of allylic oxidation sites excluding steroid dienone is 11. The fourth-order valence-electron chi connectivity index (χ4n) is 11.6. The van der Waals surface area contributed by atoms with Crippen LogP contribution in [0.15, 0.2) is 154 Å². The Kier molecular flexibility index (Phi) is 7.85. The molecule has 8 atom stereocenters. The van der Waals surface area contributed by atoms with E-state index in [9.17, 15) is 10.2 Å². The lowest BCUT2D eigenvalue weighted by Gasteiger charge is -2.47. The highest BCUT2D eigenvalue weighted by Gasteiger charge is 2.50. The van der Waals surface area contributed by atoms with Crippen LogP contribution in [0, 0.1) is 42.4 Å². The Morgan fingerprint density at radius 2 is 1.24 bits per heavy atom. The van der Waals surface area contributed by atoms with E-state index in [0.717, 1.165) is 40.7 Å². The van der Waals surface area contributed by atoms with E-state index in [1.165, 1.54) is 60.6 Å². The second-order valence-corrected chi connectivity index (χ2v) is 18.1. The minimum atomic E-state index is -0.0570. The Hall–Kier alpha value is -4.81. The smallest absolute Gasteiger partial charge is 0.132 e. The number of phenols is 1. The molecule has 3 nitrogen and oxygen atoms in total. The summed E-state index contributed by atoms with van der Waals surface area (Å²) in [6.07, 6.45) is 23.3. The molecular weight excluding hydrogens is 787 g/mol. The molecule has 1 aliphatic heterocycles. The van der Waals surface area contributed by atoms with Crippen molar-refractivity contribution in [3.63, 3.8) is 0 Å². The molecule has 2 N–H and O–H groups in total. The summed E-state index contributed by atoms with van der Waals surface area (Å²) in [4.78, 5) is 0. The minimum absolute atomic E-state index is 0.0570. The van der Waals surface area contributed by atoms with Crippen LogP contribution in [-0.4, -0.2) is 10.2 Å². The number of aryl methyl sites for hydroxylation is 1. The van der Waals surface area contributed by atoms with Crippen molar-refractivity contribution in [2.45, 2.75) is 44.4 Å². The number of halogens is 1. The van der Waals surface area contributed by atoms with Crippen LogP contribution in [0.3, 0.4) is 0 Å². The van der Waals surface area contributed by atoms with E-state index in [2.05, 4.69) is 139 Å². The first-order valence-corrected chi connectivity index (χ1v) is 21.1. The molecule has 0 aromatic heterocycles. The van der Waals surface area contributed by atoms with Crippen molar-refractivity contribution in [3.05, 3.63) is 182 Å². The standard InChI is InChI=1S/C51H43IO3/c1-28-2-18-42-33(24-28)13-22-44-50(42)49(51-43-21-17-39(54)27-36(43)14-23-45(51)55-44)32-7-5-31(6-8-32)48-46-29(9-11-34-25-37(52)15-19-40(34)46)3-4-30-10-12-35-26-38(53)16-20-41(35)47(30)48/h2,5-8,11-27,29-30,40-41,46-49,53-54H,3-4,9-10H2,1H3/t29-,30+,40?,41?,46-,47+,48?,49?/m0/s1. The van der Waals surface area contributed by atoms with Crippen LogP contribution in [0.5, 0.6) is 17.2 Å². The molecule has 1 saturated carbocycles. The summed E-state index contributed by atoms with van der Waals surface area (Å²) in [5.74, 6) is 5.59. The van der Waals surface area contributed by atoms with Gasteiger partial charge in [0.25, 0.3) is 0 Å². The Bertz CT molecular complexity index is 2460. The molecule has 272 valence electrons. The maximum absolute atomic E-state index is 10.6. The highest BCUT2D eigenvalue weighted by molar-refractivity contribution is 14.1. The lowest BCUT2D eigenvalue weighted by molar-refractivity contribution is 0.154. The summed E-state index contributed by atoms with van der Waals surface area (Å²) < 4.78 is 8.07. The fourth-order valence-corrected chi connectivity index (χ4v) is 12.2. The molecule has 0 saturated heterocycles. The number of phenolic OH excluding ortho intramolecular Hbond substituents is 1. The average molecular weight is 831 g/mol. The molecule has 6 aliphatic rings. The van der Waals surface area contributed by atoms with Gasteiger partial charge in [-0.05, 0) is 171 Å². The van der Waals surface area contributed by atoms with Gasteiger partial charge in [-0.3, -0.25) is 0 Å². The van der Waals surface area contributed by atoms with E-state index < -0.39 is 0 Å². The highest BCUT2D eigenvalue weighted by atomic mass is 127. The predicted molar refractivity (Wildman–Crippen MR) is 231 cm³/mol. The Morgan fingerprint density at radius 1 is 0.636 bits per heavy atom. The van der Waals surface area contributed by atoms with Crippen molar-refractivity contribution in [2.24, 2.45) is 35.5 Å². The molecule has 0 radical (unpaired) electrons. The number of hydrogen-bond donors (Lipinski definition) is 2. The minimum Gasteiger partial charge on any atom is -0.508 e. The quantitative estimate of drug-likeness (QED) is 0.171. The van der Waals surface area contributed by atoms with Gasteiger partial charge in [0, 0.05) is 32.5 Å². The summed E-state index contributed by atoms with van der Waals surface area (Å²) in [6.45, 7) is 2.15. The predicted octanol–water partition coefficient (Wildman–Crippen LogP) is 13.4. The molecule has 5 aromatic carbocycles. The van der Waals surface area contributed by atoms with Crippen LogP contribution in [0.1, 0.15) is 65.3 Å². The van der Waals surface area contributed by atoms with Crippen molar-refractivity contribution in [3.8, 4) is 17.2 Å². The van der Waals surface area contributed by atoms with Crippen LogP contribution >= 0.6 is 22.6 Å². The third kappa shape index (κ3) is 5.42. The van der Waals surface area contributed by atoms with Crippen LogP contribution in [-0.2, 0) is 0 Å². The Morgan fingerprint density at radius 3 is 1.93 bits per heavy atom. The summed E-state index contributed by atoms with van der Waals surface area (Å²) in [5, 5.41) is 25.6. The summed E-state index contributed by atoms with van der Waals surface area (Å²) >= 11 is 2.48. The number of aromatic hydroxyl groups is 1. The van der Waals surface area contributed by atoms with Crippen molar-refractivity contribution in [2.75, 3.05) is 0 Å². The van der Waals surface area contributed by atoms with Gasteiger partial charge in [0.05, 0.1) is 0 Å². The molecule has 1 fully saturated rings. The van der Waals surface area contributed by atoms with E-state index in [4.69, 9.17) is 4.74 Å². The van der Waals surface area contributed by atoms with E-state index in [-0.39, 0.29) is 11.7 Å². The van der Waals surface area contributed by atoms with Crippen molar-refractivity contribution >= 4 is 44.1 Å². The normalized spacial score (nSPS) is 28.8. The second kappa shape index (κ2) is 12.9. The summed E-state index contributed by atoms with van der Waals surface area (Å²) in [6, 6.07) is 30.7. The second-order valence-electron chi connectivity index (χ2n) is 16.8. The third-order valence-corrected chi connectivity index (χ3v) is 14.6. The largest absolute Gasteiger partial charge is 0.508 e. The first-order valence-electron chi connectivity index (χ1n) is 20.0. The number of aliphatic hydroxyl groups excluding tert-OH is 1. The van der Waals surface area contributed by atoms with Gasteiger partial charge in [0.15, 0.2) is 0 Å². The van der Waals surface area contributed by atoms with Gasteiger partial charge in [0.2, 0.25) is 0 Å². The van der Waals surface area contributed by atoms with Crippen molar-refractivity contribution in [1.82, 2.24) is 0 Å². The molecule has 0 spiro atoms. The average Bonchev–Trinajstić information content (AvgIpc) is 3.37. The van der Waals surface area contributed by atoms with Gasteiger partial charge < -0.3 is 14.9 Å². The number of rotatable bonds is 2. The van der Waals surface area contributed by atoms with Gasteiger partial charge in [-0.1, -0.05) is 96.6 Å². The first-order chi connectivity index (χ1) is 26.9. The Balaban J connectivity index is 1.09. The highest BCUT2D eigenvalue weighted by Crippen LogP contribution is 2.60. The third-order valence-electron chi connectivity index (χ3n) is 13.9.